The van der Waals surface area contributed by atoms with E-state index in [4.69, 9.17) is 16.6 Å². The van der Waals surface area contributed by atoms with Crippen molar-refractivity contribution in [1.29, 1.82) is 0 Å². The Bertz CT molecular complexity index is 796. The van der Waals surface area contributed by atoms with Crippen LogP contribution in [0.5, 0.6) is 0 Å². The molecule has 0 amide bonds. The minimum Gasteiger partial charge on any atom is -0.352 e. The first-order valence-corrected chi connectivity index (χ1v) is 7.55. The van der Waals surface area contributed by atoms with Gasteiger partial charge in [-0.25, -0.2) is 4.98 Å². The number of pyridine rings is 1. The summed E-state index contributed by atoms with van der Waals surface area (Å²) < 4.78 is 0. The van der Waals surface area contributed by atoms with Gasteiger partial charge in [0.15, 0.2) is 0 Å². The molecule has 1 aromatic heterocycles. The first-order chi connectivity index (χ1) is 10.3. The molecule has 3 heteroatoms. The fourth-order valence-electron chi connectivity index (χ4n) is 2.93. The highest BCUT2D eigenvalue weighted by molar-refractivity contribution is 6.30. The highest BCUT2D eigenvalue weighted by Gasteiger charge is 2.21. The molecule has 0 aliphatic carbocycles. The van der Waals surface area contributed by atoms with Gasteiger partial charge in [0, 0.05) is 23.5 Å². The Hall–Kier alpha value is -2.06. The second-order valence-corrected chi connectivity index (χ2v) is 5.90. The van der Waals surface area contributed by atoms with Crippen LogP contribution in [-0.4, -0.2) is 11.5 Å². The number of rotatable bonds is 2. The predicted molar refractivity (Wildman–Crippen MR) is 87.9 cm³/mol. The molecular formula is C18H15ClN2. The average Bonchev–Trinajstić information content (AvgIpc) is 2.89. The van der Waals surface area contributed by atoms with Crippen molar-refractivity contribution in [1.82, 2.24) is 4.98 Å². The van der Waals surface area contributed by atoms with E-state index in [0.29, 0.717) is 0 Å². The molecule has 0 radical (unpaired) electrons. The lowest BCUT2D eigenvalue weighted by molar-refractivity contribution is 0.827. The normalized spacial score (nSPS) is 13.7. The number of hydrogen-bond acceptors (Lipinski definition) is 2. The largest absolute Gasteiger partial charge is 0.352 e. The van der Waals surface area contributed by atoms with E-state index >= 15 is 0 Å². The van der Waals surface area contributed by atoms with E-state index in [-0.39, 0.29) is 0 Å². The lowest BCUT2D eigenvalue weighted by Crippen LogP contribution is -2.20. The predicted octanol–water partition coefficient (Wildman–Crippen LogP) is 4.45. The smallest absolute Gasteiger partial charge is 0.132 e. The summed E-state index contributed by atoms with van der Waals surface area (Å²) in [6.45, 7) is 1.91. The summed E-state index contributed by atoms with van der Waals surface area (Å²) in [4.78, 5) is 7.20. The van der Waals surface area contributed by atoms with Crippen molar-refractivity contribution in [2.45, 2.75) is 13.0 Å². The fraction of sp³-hybridized carbons (Fsp3) is 0.167. The summed E-state index contributed by atoms with van der Waals surface area (Å²) in [6, 6.07) is 18.7. The topological polar surface area (TPSA) is 16.1 Å². The Morgan fingerprint density at radius 1 is 1.05 bits per heavy atom. The van der Waals surface area contributed by atoms with Crippen LogP contribution in [0.1, 0.15) is 11.1 Å². The number of anilines is 1. The van der Waals surface area contributed by atoms with Gasteiger partial charge in [-0.05, 0) is 41.8 Å². The van der Waals surface area contributed by atoms with Crippen molar-refractivity contribution in [3.05, 3.63) is 70.7 Å². The standard InChI is InChI=1S/C18H15ClN2/c19-16-7-5-13(6-8-16)12-21-10-9-15-11-14-3-1-2-4-17(14)20-18(15)21/h1-8,11H,9-10,12H2. The summed E-state index contributed by atoms with van der Waals surface area (Å²) in [6.07, 6.45) is 1.07. The Balaban J connectivity index is 1.69. The molecule has 3 aromatic rings. The molecule has 2 heterocycles. The van der Waals surface area contributed by atoms with Gasteiger partial charge in [-0.2, -0.15) is 0 Å². The van der Waals surface area contributed by atoms with Crippen molar-refractivity contribution in [3.63, 3.8) is 0 Å². The van der Waals surface area contributed by atoms with Gasteiger partial charge in [0.2, 0.25) is 0 Å². The van der Waals surface area contributed by atoms with Crippen LogP contribution in [0, 0.1) is 0 Å². The SMILES string of the molecule is Clc1ccc(CN2CCc3cc4ccccc4nc32)cc1. The third-order valence-corrected chi connectivity index (χ3v) is 4.27. The van der Waals surface area contributed by atoms with Gasteiger partial charge in [0.1, 0.15) is 5.82 Å². The Labute approximate surface area is 129 Å². The summed E-state index contributed by atoms with van der Waals surface area (Å²) in [5.74, 6) is 1.13. The van der Waals surface area contributed by atoms with Crippen LogP contribution in [-0.2, 0) is 13.0 Å². The van der Waals surface area contributed by atoms with E-state index in [9.17, 15) is 0 Å². The van der Waals surface area contributed by atoms with Crippen molar-refractivity contribution >= 4 is 28.3 Å². The summed E-state index contributed by atoms with van der Waals surface area (Å²) in [5.41, 5.74) is 3.68. The Kier molecular flexibility index (Phi) is 3.04. The van der Waals surface area contributed by atoms with Crippen LogP contribution >= 0.6 is 11.6 Å². The quantitative estimate of drug-likeness (QED) is 0.694. The van der Waals surface area contributed by atoms with Crippen molar-refractivity contribution < 1.29 is 0 Å². The van der Waals surface area contributed by atoms with Crippen LogP contribution in [0.15, 0.2) is 54.6 Å². The van der Waals surface area contributed by atoms with Gasteiger partial charge in [0.05, 0.1) is 5.52 Å². The molecule has 0 saturated heterocycles. The molecule has 1 aliphatic rings. The minimum atomic E-state index is 0.782. The molecule has 0 saturated carbocycles. The number of para-hydroxylation sites is 1. The molecule has 0 atom stereocenters. The van der Waals surface area contributed by atoms with Crippen LogP contribution in [0.2, 0.25) is 5.02 Å². The molecule has 0 unspecified atom stereocenters. The Morgan fingerprint density at radius 3 is 2.71 bits per heavy atom. The first-order valence-electron chi connectivity index (χ1n) is 7.18. The van der Waals surface area contributed by atoms with Crippen molar-refractivity contribution in [2.75, 3.05) is 11.4 Å². The molecule has 0 bridgehead atoms. The number of halogens is 1. The van der Waals surface area contributed by atoms with Gasteiger partial charge in [0.25, 0.3) is 0 Å². The molecule has 2 nitrogen and oxygen atoms in total. The molecule has 1 aliphatic heterocycles. The van der Waals surface area contributed by atoms with Gasteiger partial charge in [-0.3, -0.25) is 0 Å². The molecule has 0 fully saturated rings. The van der Waals surface area contributed by atoms with E-state index in [1.165, 1.54) is 16.5 Å². The van der Waals surface area contributed by atoms with E-state index in [2.05, 4.69) is 41.3 Å². The lowest BCUT2D eigenvalue weighted by Gasteiger charge is -2.18. The fourth-order valence-corrected chi connectivity index (χ4v) is 3.06. The third kappa shape index (κ3) is 2.36. The minimum absolute atomic E-state index is 0.782. The van der Waals surface area contributed by atoms with Crippen LogP contribution < -0.4 is 4.90 Å². The second kappa shape index (κ2) is 5.05. The molecule has 21 heavy (non-hydrogen) atoms. The maximum absolute atomic E-state index is 5.95. The average molecular weight is 295 g/mol. The monoisotopic (exact) mass is 294 g/mol. The number of aromatic nitrogens is 1. The van der Waals surface area contributed by atoms with Gasteiger partial charge in [-0.1, -0.05) is 41.9 Å². The Morgan fingerprint density at radius 2 is 1.86 bits per heavy atom. The van der Waals surface area contributed by atoms with Gasteiger partial charge in [-0.15, -0.1) is 0 Å². The third-order valence-electron chi connectivity index (χ3n) is 4.02. The number of nitrogens with zero attached hydrogens (tertiary/aromatic N) is 2. The zero-order valence-electron chi connectivity index (χ0n) is 11.6. The molecular weight excluding hydrogens is 280 g/mol. The molecule has 2 aromatic carbocycles. The maximum Gasteiger partial charge on any atom is 0.132 e. The highest BCUT2D eigenvalue weighted by atomic mass is 35.5. The van der Waals surface area contributed by atoms with Crippen LogP contribution in [0.3, 0.4) is 0 Å². The maximum atomic E-state index is 5.95. The van der Waals surface area contributed by atoms with Crippen LogP contribution in [0.25, 0.3) is 10.9 Å². The summed E-state index contributed by atoms with van der Waals surface area (Å²) in [7, 11) is 0. The second-order valence-electron chi connectivity index (χ2n) is 5.46. The van der Waals surface area contributed by atoms with Gasteiger partial charge < -0.3 is 4.90 Å². The van der Waals surface area contributed by atoms with E-state index < -0.39 is 0 Å². The van der Waals surface area contributed by atoms with Crippen molar-refractivity contribution in [3.8, 4) is 0 Å². The first kappa shape index (κ1) is 12.7. The van der Waals surface area contributed by atoms with E-state index in [1.54, 1.807) is 0 Å². The number of fused-ring (bicyclic) bond motifs is 2. The van der Waals surface area contributed by atoms with Gasteiger partial charge >= 0.3 is 0 Å². The molecule has 0 spiro atoms. The zero-order valence-corrected chi connectivity index (χ0v) is 12.3. The van der Waals surface area contributed by atoms with Crippen molar-refractivity contribution in [2.24, 2.45) is 0 Å². The molecule has 0 N–H and O–H groups in total. The zero-order chi connectivity index (χ0) is 14.2. The lowest BCUT2D eigenvalue weighted by atomic mass is 10.1. The summed E-state index contributed by atoms with van der Waals surface area (Å²) in [5, 5.41) is 2.01. The van der Waals surface area contributed by atoms with E-state index in [1.807, 2.05) is 18.2 Å². The number of hydrogen-bond donors (Lipinski definition) is 0. The molecule has 4 rings (SSSR count). The number of benzene rings is 2. The molecule has 104 valence electrons. The van der Waals surface area contributed by atoms with E-state index in [0.717, 1.165) is 35.9 Å². The van der Waals surface area contributed by atoms with Crippen LogP contribution in [0.4, 0.5) is 5.82 Å². The highest BCUT2D eigenvalue weighted by Crippen LogP contribution is 2.30. The summed E-state index contributed by atoms with van der Waals surface area (Å²) >= 11 is 5.95.